The fraction of sp³-hybridized carbons (Fsp3) is 0.833. The van der Waals surface area contributed by atoms with Crippen molar-refractivity contribution in [2.75, 3.05) is 20.7 Å². The quantitative estimate of drug-likeness (QED) is 0.587. The van der Waals surface area contributed by atoms with Gasteiger partial charge in [0.15, 0.2) is 0 Å². The second kappa shape index (κ2) is 5.05. The average Bonchev–Trinajstić information content (AvgIpc) is 1.99. The summed E-state index contributed by atoms with van der Waals surface area (Å²) in [5.74, 6) is 0. The maximum Gasteiger partial charge on any atom is 0.406 e. The van der Waals surface area contributed by atoms with Gasteiger partial charge in [-0.2, -0.15) is 0 Å². The minimum atomic E-state index is -0.387. The van der Waals surface area contributed by atoms with Gasteiger partial charge >= 0.3 is 6.09 Å². The van der Waals surface area contributed by atoms with Gasteiger partial charge in [0.25, 0.3) is 0 Å². The molecule has 0 spiro atoms. The molecule has 0 heterocycles. The lowest BCUT2D eigenvalue weighted by atomic mass is 10.3. The predicted octanol–water partition coefficient (Wildman–Crippen LogP) is -0.0497. The van der Waals surface area contributed by atoms with Crippen LogP contribution in [0.3, 0.4) is 0 Å². The topological polar surface area (TPSA) is 50.4 Å². The number of carbonyl (C=O) groups excluding carboxylic acids is 1. The van der Waals surface area contributed by atoms with E-state index < -0.39 is 0 Å². The highest BCUT2D eigenvalue weighted by Crippen LogP contribution is 1.76. The van der Waals surface area contributed by atoms with Crippen LogP contribution in [0.1, 0.15) is 6.92 Å². The second-order valence-corrected chi connectivity index (χ2v) is 2.06. The van der Waals surface area contributed by atoms with Gasteiger partial charge in [-0.15, -0.1) is 0 Å². The number of alkyl carbamates (subject to hydrolysis) is 1. The van der Waals surface area contributed by atoms with Crippen LogP contribution >= 0.6 is 0 Å². The molecule has 1 amide bonds. The van der Waals surface area contributed by atoms with Crippen LogP contribution in [0.2, 0.25) is 0 Å². The van der Waals surface area contributed by atoms with E-state index in [1.165, 1.54) is 7.11 Å². The lowest BCUT2D eigenvalue weighted by Crippen LogP contribution is -2.36. The molecule has 0 aromatic heterocycles. The van der Waals surface area contributed by atoms with Gasteiger partial charge in [0.2, 0.25) is 0 Å². The lowest BCUT2D eigenvalue weighted by Gasteiger charge is -2.09. The molecule has 1 unspecified atom stereocenters. The SMILES string of the molecule is CNC(C)CNC(=O)OC. The predicted molar refractivity (Wildman–Crippen MR) is 38.9 cm³/mol. The molecule has 4 nitrogen and oxygen atoms in total. The first-order valence-electron chi connectivity index (χ1n) is 3.19. The Balaban J connectivity index is 3.26. The van der Waals surface area contributed by atoms with Crippen LogP contribution in [0.25, 0.3) is 0 Å². The van der Waals surface area contributed by atoms with Crippen molar-refractivity contribution < 1.29 is 9.53 Å². The summed E-state index contributed by atoms with van der Waals surface area (Å²) in [6.07, 6.45) is -0.387. The smallest absolute Gasteiger partial charge is 0.406 e. The monoisotopic (exact) mass is 146 g/mol. The maximum absolute atomic E-state index is 10.5. The van der Waals surface area contributed by atoms with Crippen molar-refractivity contribution in [3.63, 3.8) is 0 Å². The molecule has 2 N–H and O–H groups in total. The molecule has 0 saturated carbocycles. The van der Waals surface area contributed by atoms with E-state index >= 15 is 0 Å². The Hall–Kier alpha value is -0.770. The van der Waals surface area contributed by atoms with Crippen LogP contribution in [0.5, 0.6) is 0 Å². The van der Waals surface area contributed by atoms with Crippen LogP contribution in [-0.2, 0) is 4.74 Å². The molecule has 0 fully saturated rings. The Kier molecular flexibility index (Phi) is 4.66. The summed E-state index contributed by atoms with van der Waals surface area (Å²) in [5, 5.41) is 5.53. The van der Waals surface area contributed by atoms with Crippen LogP contribution in [0.15, 0.2) is 0 Å². The Morgan fingerprint density at radius 1 is 1.70 bits per heavy atom. The third kappa shape index (κ3) is 4.14. The van der Waals surface area contributed by atoms with E-state index in [-0.39, 0.29) is 12.1 Å². The number of amides is 1. The van der Waals surface area contributed by atoms with Gasteiger partial charge in [0.05, 0.1) is 7.11 Å². The normalized spacial score (nSPS) is 12.3. The third-order valence-corrected chi connectivity index (χ3v) is 1.23. The lowest BCUT2D eigenvalue weighted by molar-refractivity contribution is 0.170. The van der Waals surface area contributed by atoms with Crippen LogP contribution in [-0.4, -0.2) is 32.8 Å². The Morgan fingerprint density at radius 3 is 2.70 bits per heavy atom. The zero-order valence-electron chi connectivity index (χ0n) is 6.60. The van der Waals surface area contributed by atoms with E-state index in [0.29, 0.717) is 6.54 Å². The number of carbonyl (C=O) groups is 1. The van der Waals surface area contributed by atoms with Gasteiger partial charge in [-0.05, 0) is 14.0 Å². The van der Waals surface area contributed by atoms with Gasteiger partial charge in [0.1, 0.15) is 0 Å². The summed E-state index contributed by atoms with van der Waals surface area (Å²) in [6, 6.07) is 0.277. The van der Waals surface area contributed by atoms with Gasteiger partial charge in [0, 0.05) is 12.6 Å². The summed E-state index contributed by atoms with van der Waals surface area (Å²) in [5.41, 5.74) is 0. The number of hydrogen-bond donors (Lipinski definition) is 2. The first-order valence-corrected chi connectivity index (χ1v) is 3.19. The minimum absolute atomic E-state index is 0.277. The van der Waals surface area contributed by atoms with Crippen molar-refractivity contribution in [3.8, 4) is 0 Å². The molecule has 0 saturated heterocycles. The molecule has 10 heavy (non-hydrogen) atoms. The molecule has 0 rings (SSSR count). The molecule has 0 bridgehead atoms. The second-order valence-electron chi connectivity index (χ2n) is 2.06. The standard InChI is InChI=1S/C6H14N2O2/c1-5(7-2)4-8-6(9)10-3/h5,7H,4H2,1-3H3,(H,8,9). The average molecular weight is 146 g/mol. The van der Waals surface area contributed by atoms with E-state index in [1.807, 2.05) is 14.0 Å². The van der Waals surface area contributed by atoms with Crippen LogP contribution < -0.4 is 10.6 Å². The van der Waals surface area contributed by atoms with Crippen molar-refractivity contribution >= 4 is 6.09 Å². The third-order valence-electron chi connectivity index (χ3n) is 1.23. The van der Waals surface area contributed by atoms with Gasteiger partial charge in [-0.1, -0.05) is 0 Å². The molecule has 0 aromatic rings. The van der Waals surface area contributed by atoms with Crippen molar-refractivity contribution in [1.29, 1.82) is 0 Å². The Bertz CT molecular complexity index is 106. The highest BCUT2D eigenvalue weighted by molar-refractivity contribution is 5.66. The van der Waals surface area contributed by atoms with E-state index in [4.69, 9.17) is 0 Å². The van der Waals surface area contributed by atoms with E-state index in [2.05, 4.69) is 15.4 Å². The first-order chi connectivity index (χ1) is 4.70. The Morgan fingerprint density at radius 2 is 2.30 bits per heavy atom. The zero-order chi connectivity index (χ0) is 7.98. The largest absolute Gasteiger partial charge is 0.453 e. The summed E-state index contributed by atoms with van der Waals surface area (Å²) >= 11 is 0. The van der Waals surface area contributed by atoms with Crippen molar-refractivity contribution in [1.82, 2.24) is 10.6 Å². The maximum atomic E-state index is 10.5. The van der Waals surface area contributed by atoms with Crippen molar-refractivity contribution in [2.45, 2.75) is 13.0 Å². The van der Waals surface area contributed by atoms with Gasteiger partial charge in [-0.3, -0.25) is 0 Å². The molecule has 0 aliphatic carbocycles. The molecule has 0 aliphatic rings. The number of hydrogen-bond acceptors (Lipinski definition) is 3. The van der Waals surface area contributed by atoms with E-state index in [0.717, 1.165) is 0 Å². The molecule has 4 heteroatoms. The van der Waals surface area contributed by atoms with Crippen LogP contribution in [0, 0.1) is 0 Å². The fourth-order valence-electron chi connectivity index (χ4n) is 0.411. The molecule has 0 aromatic carbocycles. The van der Waals surface area contributed by atoms with E-state index in [1.54, 1.807) is 0 Å². The molecule has 1 atom stereocenters. The molecule has 0 aliphatic heterocycles. The van der Waals surface area contributed by atoms with Crippen molar-refractivity contribution in [2.24, 2.45) is 0 Å². The highest BCUT2D eigenvalue weighted by Gasteiger charge is 2.00. The number of ether oxygens (including phenoxy) is 1. The number of nitrogens with one attached hydrogen (secondary N) is 2. The summed E-state index contributed by atoms with van der Waals surface area (Å²) in [4.78, 5) is 10.5. The molecular formula is C6H14N2O2. The first kappa shape index (κ1) is 9.23. The number of methoxy groups -OCH3 is 1. The molecule has 0 radical (unpaired) electrons. The van der Waals surface area contributed by atoms with Gasteiger partial charge in [-0.25, -0.2) is 4.79 Å². The number of likely N-dealkylation sites (N-methyl/N-ethyl adjacent to an activating group) is 1. The van der Waals surface area contributed by atoms with Crippen LogP contribution in [0.4, 0.5) is 4.79 Å². The van der Waals surface area contributed by atoms with Gasteiger partial charge < -0.3 is 15.4 Å². The van der Waals surface area contributed by atoms with E-state index in [9.17, 15) is 4.79 Å². The summed E-state index contributed by atoms with van der Waals surface area (Å²) in [6.45, 7) is 2.55. The number of rotatable bonds is 3. The zero-order valence-corrected chi connectivity index (χ0v) is 6.60. The molecular weight excluding hydrogens is 132 g/mol. The summed E-state index contributed by atoms with van der Waals surface area (Å²) in [7, 11) is 3.18. The van der Waals surface area contributed by atoms with Crippen molar-refractivity contribution in [3.05, 3.63) is 0 Å². The fourth-order valence-corrected chi connectivity index (χ4v) is 0.411. The summed E-state index contributed by atoms with van der Waals surface area (Å²) < 4.78 is 4.37. The highest BCUT2D eigenvalue weighted by atomic mass is 16.5. The Labute approximate surface area is 60.9 Å². The molecule has 60 valence electrons. The minimum Gasteiger partial charge on any atom is -0.453 e.